The highest BCUT2D eigenvalue weighted by Crippen LogP contribution is 2.25. The van der Waals surface area contributed by atoms with Gasteiger partial charge in [0.25, 0.3) is 0 Å². The van der Waals surface area contributed by atoms with Crippen molar-refractivity contribution in [1.82, 2.24) is 0 Å². The first-order valence-corrected chi connectivity index (χ1v) is 7.00. The Labute approximate surface area is 130 Å². The normalized spacial score (nSPS) is 11.5. The van der Waals surface area contributed by atoms with E-state index in [-0.39, 0.29) is 0 Å². The van der Waals surface area contributed by atoms with Gasteiger partial charge >= 0.3 is 5.97 Å². The van der Waals surface area contributed by atoms with Crippen LogP contribution in [0.2, 0.25) is 0 Å². The van der Waals surface area contributed by atoms with Crippen molar-refractivity contribution in [2.45, 2.75) is 12.3 Å². The van der Waals surface area contributed by atoms with E-state index >= 15 is 0 Å². The van der Waals surface area contributed by atoms with Crippen LogP contribution in [0.15, 0.2) is 48.5 Å². The van der Waals surface area contributed by atoms with E-state index in [2.05, 4.69) is 6.07 Å². The molecule has 0 saturated carbocycles. The van der Waals surface area contributed by atoms with Crippen LogP contribution in [-0.2, 0) is 11.2 Å². The molecular weight excluding hydrogens is 276 g/mol. The van der Waals surface area contributed by atoms with E-state index in [0.717, 1.165) is 16.8 Å². The Bertz CT molecular complexity index is 717. The minimum absolute atomic E-state index is 0.363. The second-order valence-electron chi connectivity index (χ2n) is 5.40. The number of anilines is 1. The third-order valence-corrected chi connectivity index (χ3v) is 3.58. The number of aliphatic carboxylic acids is 1. The maximum Gasteiger partial charge on any atom is 0.311 e. The first kappa shape index (κ1) is 15.6. The lowest BCUT2D eigenvalue weighted by Gasteiger charge is -2.17. The molecule has 112 valence electrons. The number of benzene rings is 2. The molecule has 0 bridgehead atoms. The largest absolute Gasteiger partial charge is 0.481 e. The maximum atomic E-state index is 11.7. The van der Waals surface area contributed by atoms with Crippen LogP contribution in [0.5, 0.6) is 0 Å². The van der Waals surface area contributed by atoms with Gasteiger partial charge in [0, 0.05) is 19.8 Å². The van der Waals surface area contributed by atoms with Crippen molar-refractivity contribution in [3.05, 3.63) is 65.2 Å². The Morgan fingerprint density at radius 2 is 1.95 bits per heavy atom. The number of carbonyl (C=O) groups is 1. The summed E-state index contributed by atoms with van der Waals surface area (Å²) in [5, 5.41) is 18.5. The van der Waals surface area contributed by atoms with Crippen LogP contribution in [-0.4, -0.2) is 25.2 Å². The average Bonchev–Trinajstić information content (AvgIpc) is 2.52. The van der Waals surface area contributed by atoms with E-state index in [4.69, 9.17) is 5.26 Å². The van der Waals surface area contributed by atoms with Gasteiger partial charge in [0.15, 0.2) is 0 Å². The van der Waals surface area contributed by atoms with Crippen molar-refractivity contribution < 1.29 is 9.90 Å². The third kappa shape index (κ3) is 3.64. The summed E-state index contributed by atoms with van der Waals surface area (Å²) in [4.78, 5) is 13.6. The predicted octanol–water partition coefficient (Wildman–Crippen LogP) is 3.04. The number of hydrogen-bond acceptors (Lipinski definition) is 3. The molecule has 0 aliphatic rings. The second-order valence-corrected chi connectivity index (χ2v) is 5.40. The minimum Gasteiger partial charge on any atom is -0.481 e. The van der Waals surface area contributed by atoms with E-state index in [1.54, 1.807) is 18.2 Å². The van der Waals surface area contributed by atoms with Gasteiger partial charge in [-0.1, -0.05) is 24.3 Å². The van der Waals surface area contributed by atoms with Gasteiger partial charge in [-0.3, -0.25) is 4.79 Å². The van der Waals surface area contributed by atoms with Gasteiger partial charge in [-0.15, -0.1) is 0 Å². The number of carboxylic acids is 1. The van der Waals surface area contributed by atoms with Crippen molar-refractivity contribution in [3.63, 3.8) is 0 Å². The molecule has 2 rings (SSSR count). The molecule has 0 fully saturated rings. The molecule has 0 aliphatic heterocycles. The van der Waals surface area contributed by atoms with Crippen molar-refractivity contribution in [2.75, 3.05) is 19.0 Å². The summed E-state index contributed by atoms with van der Waals surface area (Å²) in [7, 11) is 3.84. The SMILES string of the molecule is CN(C)c1cccc(C(Cc2cccc(C#N)c2)C(=O)O)c1. The topological polar surface area (TPSA) is 64.3 Å². The Kier molecular flexibility index (Phi) is 4.80. The number of nitriles is 1. The molecule has 4 heteroatoms. The van der Waals surface area contributed by atoms with Crippen LogP contribution in [0.4, 0.5) is 5.69 Å². The van der Waals surface area contributed by atoms with E-state index < -0.39 is 11.9 Å². The maximum absolute atomic E-state index is 11.7. The average molecular weight is 294 g/mol. The quantitative estimate of drug-likeness (QED) is 0.920. The first-order chi connectivity index (χ1) is 10.5. The van der Waals surface area contributed by atoms with Crippen LogP contribution in [0, 0.1) is 11.3 Å². The summed E-state index contributed by atoms with van der Waals surface area (Å²) >= 11 is 0. The molecule has 0 saturated heterocycles. The standard InChI is InChI=1S/C18H18N2O2/c1-20(2)16-8-4-7-15(11-16)17(18(21)22)10-13-5-3-6-14(9-13)12-19/h3-9,11,17H,10H2,1-2H3,(H,21,22). The molecule has 1 N–H and O–H groups in total. The minimum atomic E-state index is -0.863. The summed E-state index contributed by atoms with van der Waals surface area (Å²) in [6, 6.07) is 16.7. The number of hydrogen-bond donors (Lipinski definition) is 1. The molecule has 0 amide bonds. The molecule has 4 nitrogen and oxygen atoms in total. The number of nitrogens with zero attached hydrogens (tertiary/aromatic N) is 2. The van der Waals surface area contributed by atoms with Gasteiger partial charge in [0.2, 0.25) is 0 Å². The molecule has 22 heavy (non-hydrogen) atoms. The fourth-order valence-corrected chi connectivity index (χ4v) is 2.37. The molecule has 0 aliphatic carbocycles. The molecule has 0 radical (unpaired) electrons. The Hall–Kier alpha value is -2.80. The molecule has 1 atom stereocenters. The van der Waals surface area contributed by atoms with Gasteiger partial charge in [-0.25, -0.2) is 0 Å². The Morgan fingerprint density at radius 1 is 1.23 bits per heavy atom. The van der Waals surface area contributed by atoms with Crippen LogP contribution in [0.25, 0.3) is 0 Å². The highest BCUT2D eigenvalue weighted by atomic mass is 16.4. The molecule has 0 heterocycles. The number of carboxylic acid groups (broad SMARTS) is 1. The summed E-state index contributed by atoms with van der Waals surface area (Å²) in [5.74, 6) is -1.49. The lowest BCUT2D eigenvalue weighted by Crippen LogP contribution is -2.16. The van der Waals surface area contributed by atoms with Gasteiger partial charge in [0.1, 0.15) is 0 Å². The smallest absolute Gasteiger partial charge is 0.311 e. The third-order valence-electron chi connectivity index (χ3n) is 3.58. The molecule has 1 unspecified atom stereocenters. The first-order valence-electron chi connectivity index (χ1n) is 7.00. The zero-order valence-electron chi connectivity index (χ0n) is 12.7. The monoisotopic (exact) mass is 294 g/mol. The lowest BCUT2D eigenvalue weighted by molar-refractivity contribution is -0.138. The lowest BCUT2D eigenvalue weighted by atomic mass is 9.91. The number of rotatable bonds is 5. The summed E-state index contributed by atoms with van der Waals surface area (Å²) in [6.07, 6.45) is 0.363. The van der Waals surface area contributed by atoms with Crippen LogP contribution in [0.1, 0.15) is 22.6 Å². The van der Waals surface area contributed by atoms with Crippen molar-refractivity contribution >= 4 is 11.7 Å². The highest BCUT2D eigenvalue weighted by Gasteiger charge is 2.21. The molecule has 0 aromatic heterocycles. The molecule has 2 aromatic carbocycles. The van der Waals surface area contributed by atoms with Gasteiger partial charge in [-0.2, -0.15) is 5.26 Å². The van der Waals surface area contributed by atoms with Crippen molar-refractivity contribution in [2.24, 2.45) is 0 Å². The van der Waals surface area contributed by atoms with Crippen LogP contribution < -0.4 is 4.90 Å². The summed E-state index contributed by atoms with van der Waals surface area (Å²) in [5.41, 5.74) is 3.13. The van der Waals surface area contributed by atoms with E-state index in [1.165, 1.54) is 0 Å². The summed E-state index contributed by atoms with van der Waals surface area (Å²) < 4.78 is 0. The zero-order chi connectivity index (χ0) is 16.1. The molecule has 2 aromatic rings. The Morgan fingerprint density at radius 3 is 2.59 bits per heavy atom. The Balaban J connectivity index is 2.32. The van der Waals surface area contributed by atoms with Crippen molar-refractivity contribution in [3.8, 4) is 6.07 Å². The molecular formula is C18H18N2O2. The highest BCUT2D eigenvalue weighted by molar-refractivity contribution is 5.77. The fraction of sp³-hybridized carbons (Fsp3) is 0.222. The van der Waals surface area contributed by atoms with Gasteiger partial charge in [-0.05, 0) is 41.8 Å². The van der Waals surface area contributed by atoms with Crippen molar-refractivity contribution in [1.29, 1.82) is 5.26 Å². The van der Waals surface area contributed by atoms with Gasteiger partial charge < -0.3 is 10.0 Å². The van der Waals surface area contributed by atoms with Gasteiger partial charge in [0.05, 0.1) is 17.6 Å². The molecule has 0 spiro atoms. The van der Waals surface area contributed by atoms with Crippen LogP contribution in [0.3, 0.4) is 0 Å². The van der Waals surface area contributed by atoms with E-state index in [1.807, 2.05) is 49.3 Å². The predicted molar refractivity (Wildman–Crippen MR) is 86.0 cm³/mol. The van der Waals surface area contributed by atoms with E-state index in [9.17, 15) is 9.90 Å². The second kappa shape index (κ2) is 6.77. The summed E-state index contributed by atoms with van der Waals surface area (Å²) in [6.45, 7) is 0. The zero-order valence-corrected chi connectivity index (χ0v) is 12.7. The van der Waals surface area contributed by atoms with E-state index in [0.29, 0.717) is 12.0 Å². The fourth-order valence-electron chi connectivity index (χ4n) is 2.37. The van der Waals surface area contributed by atoms with Crippen LogP contribution >= 0.6 is 0 Å².